The molecule has 0 saturated carbocycles. The Balaban J connectivity index is 1.50. The lowest BCUT2D eigenvalue weighted by Gasteiger charge is -2.42. The van der Waals surface area contributed by atoms with E-state index in [1.165, 1.54) is 14.2 Å². The topological polar surface area (TPSA) is 106 Å². The zero-order chi connectivity index (χ0) is 25.2. The molecule has 1 unspecified atom stereocenters. The molecule has 2 saturated heterocycles. The normalized spacial score (nSPS) is 20.1. The zero-order valence-electron chi connectivity index (χ0n) is 20.5. The number of fused-ring (bicyclic) bond motifs is 1. The van der Waals surface area contributed by atoms with Crippen LogP contribution in [0.3, 0.4) is 0 Å². The quantitative estimate of drug-likeness (QED) is 0.539. The van der Waals surface area contributed by atoms with E-state index >= 15 is 4.39 Å². The monoisotopic (exact) mass is 494 g/mol. The molecule has 0 aliphatic carbocycles. The van der Waals surface area contributed by atoms with E-state index in [0.717, 1.165) is 24.9 Å². The third-order valence-corrected chi connectivity index (χ3v) is 7.05. The summed E-state index contributed by atoms with van der Waals surface area (Å²) in [6.45, 7) is 2.45. The minimum absolute atomic E-state index is 0.0374. The van der Waals surface area contributed by atoms with E-state index in [0.29, 0.717) is 37.4 Å². The van der Waals surface area contributed by atoms with Crippen LogP contribution < -0.4 is 25.4 Å². The molecule has 0 spiro atoms. The third-order valence-electron chi connectivity index (χ3n) is 7.05. The number of aromatic nitrogens is 2. The first kappa shape index (κ1) is 24.1. The van der Waals surface area contributed by atoms with Gasteiger partial charge in [0.15, 0.2) is 17.3 Å². The summed E-state index contributed by atoms with van der Waals surface area (Å²) in [5.74, 6) is 0.117. The second-order valence-electron chi connectivity index (χ2n) is 9.19. The molecule has 3 N–H and O–H groups in total. The van der Waals surface area contributed by atoms with E-state index in [4.69, 9.17) is 15.2 Å². The number of nitrogens with zero attached hydrogens (tertiary/aromatic N) is 4. The highest BCUT2D eigenvalue weighted by Crippen LogP contribution is 2.38. The summed E-state index contributed by atoms with van der Waals surface area (Å²) in [4.78, 5) is 26.2. The highest BCUT2D eigenvalue weighted by Gasteiger charge is 2.34. The summed E-state index contributed by atoms with van der Waals surface area (Å²) in [5, 5.41) is 3.75. The fourth-order valence-electron chi connectivity index (χ4n) is 5.15. The molecule has 2 atom stereocenters. The van der Waals surface area contributed by atoms with E-state index in [1.807, 2.05) is 40.1 Å². The number of carbonyl (C=O) groups excluding carboxylic acids is 1. The first-order valence-corrected chi connectivity index (χ1v) is 12.2. The fraction of sp³-hybridized carbons (Fsp3) is 0.423. The van der Waals surface area contributed by atoms with E-state index in [-0.39, 0.29) is 40.8 Å². The number of benzene rings is 2. The molecule has 1 amide bonds. The van der Waals surface area contributed by atoms with Gasteiger partial charge in [-0.3, -0.25) is 4.79 Å². The van der Waals surface area contributed by atoms with E-state index < -0.39 is 5.82 Å². The van der Waals surface area contributed by atoms with Crippen molar-refractivity contribution in [3.05, 3.63) is 47.8 Å². The van der Waals surface area contributed by atoms with Crippen molar-refractivity contribution in [2.75, 3.05) is 51.0 Å². The van der Waals surface area contributed by atoms with Crippen molar-refractivity contribution in [2.24, 2.45) is 0 Å². The average Bonchev–Trinajstić information content (AvgIpc) is 3.42. The molecule has 5 rings (SSSR count). The van der Waals surface area contributed by atoms with Crippen LogP contribution in [0.25, 0.3) is 10.9 Å². The highest BCUT2D eigenvalue weighted by molar-refractivity contribution is 5.92. The predicted molar refractivity (Wildman–Crippen MR) is 136 cm³/mol. The lowest BCUT2D eigenvalue weighted by atomic mass is 10.0. The van der Waals surface area contributed by atoms with Crippen LogP contribution in [0.4, 0.5) is 16.2 Å². The summed E-state index contributed by atoms with van der Waals surface area (Å²) >= 11 is 0. The molecule has 9 nitrogen and oxygen atoms in total. The Hall–Kier alpha value is -3.66. The number of nitrogen functional groups attached to an aromatic ring is 1. The molecule has 2 fully saturated rings. The van der Waals surface area contributed by atoms with Crippen molar-refractivity contribution in [1.82, 2.24) is 20.2 Å². The molecule has 3 aromatic rings. The maximum atomic E-state index is 15.4. The number of ether oxygens (including phenoxy) is 2. The molecule has 10 heteroatoms. The van der Waals surface area contributed by atoms with Gasteiger partial charge >= 0.3 is 0 Å². The molecule has 0 radical (unpaired) electrons. The van der Waals surface area contributed by atoms with Crippen LogP contribution in [0.1, 0.15) is 30.9 Å². The Morgan fingerprint density at radius 3 is 2.69 bits per heavy atom. The number of amides is 1. The van der Waals surface area contributed by atoms with Gasteiger partial charge in [-0.05, 0) is 31.0 Å². The Morgan fingerprint density at radius 1 is 1.19 bits per heavy atom. The lowest BCUT2D eigenvalue weighted by molar-refractivity contribution is -0.132. The Labute approximate surface area is 209 Å². The van der Waals surface area contributed by atoms with Crippen LogP contribution in [0.15, 0.2) is 36.4 Å². The second-order valence-corrected chi connectivity index (χ2v) is 9.19. The Morgan fingerprint density at radius 2 is 2.00 bits per heavy atom. The smallest absolute Gasteiger partial charge is 0.228 e. The average molecular weight is 495 g/mol. The Bertz CT molecular complexity index is 1250. The molecule has 2 aliphatic heterocycles. The van der Waals surface area contributed by atoms with Gasteiger partial charge in [-0.25, -0.2) is 9.37 Å². The van der Waals surface area contributed by atoms with Gasteiger partial charge in [0, 0.05) is 37.5 Å². The van der Waals surface area contributed by atoms with Crippen molar-refractivity contribution in [3.63, 3.8) is 0 Å². The standard InChI is InChI=1S/C26H31FN6O3/c1-35-20-14-18-23(22(27)24(20)36-2)30-26(31-25(18)28)33-12-11-32(21(34)13-17-9-6-10-29-17)15-19(33)16-7-4-3-5-8-16/h3-5,7-8,14,17,19,29H,6,9-13,15H2,1-2H3,(H2,28,30,31)/t17?,19-/m1/s1. The van der Waals surface area contributed by atoms with Gasteiger partial charge in [-0.1, -0.05) is 30.3 Å². The number of halogens is 1. The minimum atomic E-state index is -0.656. The fourth-order valence-corrected chi connectivity index (χ4v) is 5.15. The SMILES string of the molecule is COc1cc2c(N)nc(N3CCN(C(=O)CC4CCCN4)C[C@@H]3c3ccccc3)nc2c(F)c1OC. The molecule has 3 heterocycles. The van der Waals surface area contributed by atoms with Crippen molar-refractivity contribution >= 4 is 28.6 Å². The van der Waals surface area contributed by atoms with Crippen LogP contribution in [0.2, 0.25) is 0 Å². The molecule has 2 aromatic carbocycles. The van der Waals surface area contributed by atoms with Gasteiger partial charge in [-0.15, -0.1) is 0 Å². The molecule has 2 aliphatic rings. The molecule has 36 heavy (non-hydrogen) atoms. The molecule has 1 aromatic heterocycles. The van der Waals surface area contributed by atoms with Crippen LogP contribution in [0, 0.1) is 5.82 Å². The number of hydrogen-bond acceptors (Lipinski definition) is 8. The van der Waals surface area contributed by atoms with Crippen LogP contribution in [0.5, 0.6) is 11.5 Å². The lowest BCUT2D eigenvalue weighted by Crippen LogP contribution is -2.51. The first-order chi connectivity index (χ1) is 17.5. The van der Waals surface area contributed by atoms with Gasteiger partial charge in [-0.2, -0.15) is 4.98 Å². The second kappa shape index (κ2) is 10.1. The van der Waals surface area contributed by atoms with Crippen LogP contribution in [-0.2, 0) is 4.79 Å². The van der Waals surface area contributed by atoms with E-state index in [9.17, 15) is 4.79 Å². The number of anilines is 2. The van der Waals surface area contributed by atoms with Crippen LogP contribution >= 0.6 is 0 Å². The summed E-state index contributed by atoms with van der Waals surface area (Å²) in [5.41, 5.74) is 7.37. The molecule has 0 bridgehead atoms. The maximum absolute atomic E-state index is 15.4. The van der Waals surface area contributed by atoms with Gasteiger partial charge in [0.1, 0.15) is 11.3 Å². The van der Waals surface area contributed by atoms with E-state index in [2.05, 4.69) is 15.3 Å². The van der Waals surface area contributed by atoms with Crippen molar-refractivity contribution in [3.8, 4) is 11.5 Å². The first-order valence-electron chi connectivity index (χ1n) is 12.2. The highest BCUT2D eigenvalue weighted by atomic mass is 19.1. The Kier molecular flexibility index (Phi) is 6.77. The zero-order valence-corrected chi connectivity index (χ0v) is 20.5. The van der Waals surface area contributed by atoms with Crippen LogP contribution in [-0.4, -0.2) is 67.2 Å². The summed E-state index contributed by atoms with van der Waals surface area (Å²) < 4.78 is 25.9. The molecular weight excluding hydrogens is 463 g/mol. The number of rotatable bonds is 6. The summed E-state index contributed by atoms with van der Waals surface area (Å²) in [6.07, 6.45) is 2.62. The van der Waals surface area contributed by atoms with Crippen molar-refractivity contribution in [1.29, 1.82) is 0 Å². The summed E-state index contributed by atoms with van der Waals surface area (Å²) in [6, 6.07) is 11.5. The summed E-state index contributed by atoms with van der Waals surface area (Å²) in [7, 11) is 2.81. The number of methoxy groups -OCH3 is 2. The number of hydrogen-bond donors (Lipinski definition) is 2. The van der Waals surface area contributed by atoms with Gasteiger partial charge in [0.2, 0.25) is 11.9 Å². The minimum Gasteiger partial charge on any atom is -0.493 e. The largest absolute Gasteiger partial charge is 0.493 e. The van der Waals surface area contributed by atoms with Crippen molar-refractivity contribution in [2.45, 2.75) is 31.3 Å². The number of nitrogens with one attached hydrogen (secondary N) is 1. The third kappa shape index (κ3) is 4.48. The molecule has 190 valence electrons. The predicted octanol–water partition coefficient (Wildman–Crippen LogP) is 2.90. The number of piperazine rings is 1. The van der Waals surface area contributed by atoms with Crippen molar-refractivity contribution < 1.29 is 18.7 Å². The van der Waals surface area contributed by atoms with E-state index in [1.54, 1.807) is 6.07 Å². The van der Waals surface area contributed by atoms with Gasteiger partial charge in [0.25, 0.3) is 0 Å². The number of carbonyl (C=O) groups is 1. The van der Waals surface area contributed by atoms with Gasteiger partial charge < -0.3 is 30.3 Å². The molecular formula is C26H31FN6O3. The van der Waals surface area contributed by atoms with Gasteiger partial charge in [0.05, 0.1) is 20.3 Å². The number of nitrogens with two attached hydrogens (primary N) is 1. The maximum Gasteiger partial charge on any atom is 0.228 e.